The maximum Gasteiger partial charge on any atom is 0.330 e. The van der Waals surface area contributed by atoms with E-state index in [1.165, 1.54) is 270 Å². The molecule has 15 heteroatoms. The van der Waals surface area contributed by atoms with Gasteiger partial charge in [-0.05, 0) is 77.0 Å². The molecule has 0 amide bonds. The molecule has 0 aliphatic carbocycles. The Morgan fingerprint density at radius 2 is 0.819 bits per heavy atom. The number of nitrogens with zero attached hydrogens (tertiary/aromatic N) is 1. The van der Waals surface area contributed by atoms with Gasteiger partial charge in [-0.25, -0.2) is 4.79 Å². The van der Waals surface area contributed by atoms with E-state index in [9.17, 15) is 34.2 Å². The number of halogens is 1. The smallest absolute Gasteiger partial charge is 0.330 e. The highest BCUT2D eigenvalue weighted by Crippen LogP contribution is 2.38. The highest BCUT2D eigenvalue weighted by atomic mass is 79.9. The fourth-order valence-corrected chi connectivity index (χ4v) is 11.0. The van der Waals surface area contributed by atoms with Gasteiger partial charge in [-0.15, -0.1) is 0 Å². The first kappa shape index (κ1) is 71.1. The van der Waals surface area contributed by atoms with Crippen LogP contribution in [-0.4, -0.2) is 82.4 Å². The molecule has 13 nitrogen and oxygen atoms in total. The van der Waals surface area contributed by atoms with Gasteiger partial charge in [-0.1, -0.05) is 212 Å². The molecule has 1 aliphatic rings. The third kappa shape index (κ3) is 40.3. The van der Waals surface area contributed by atoms with Gasteiger partial charge in [0.25, 0.3) is 5.56 Å². The molecule has 0 aromatic carbocycles. The average Bonchev–Trinajstić information content (AvgIpc) is 3.64. The summed E-state index contributed by atoms with van der Waals surface area (Å²) in [4.78, 5) is 49.5. The Hall–Kier alpha value is -0.930. The average molecular weight is 1110 g/mol. The summed E-state index contributed by atoms with van der Waals surface area (Å²) >= 11 is 2.70. The molecule has 0 radical (unpaired) electrons. The molecule has 2 rings (SSSR count). The van der Waals surface area contributed by atoms with Crippen LogP contribution in [0.15, 0.2) is 21.9 Å². The zero-order valence-electron chi connectivity index (χ0n) is 47.3. The van der Waals surface area contributed by atoms with Crippen molar-refractivity contribution in [1.82, 2.24) is 9.55 Å². The fourth-order valence-electron chi connectivity index (χ4n) is 9.62. The highest BCUT2D eigenvalue weighted by molar-refractivity contribution is 9.09. The highest BCUT2D eigenvalue weighted by Gasteiger charge is 2.47. The Labute approximate surface area is 449 Å². The number of rotatable bonds is 46. The normalized spacial score (nSPS) is 17.3. The van der Waals surface area contributed by atoms with Gasteiger partial charge in [0.05, 0.1) is 47.1 Å². The van der Waals surface area contributed by atoms with Crippen LogP contribution < -0.4 is 30.8 Å². The number of unbranched alkanes of at least 4 members (excludes halogenated alkanes) is 30. The number of ether oxygens (including phenoxy) is 1. The van der Waals surface area contributed by atoms with E-state index in [4.69, 9.17) is 4.74 Å². The van der Waals surface area contributed by atoms with Crippen LogP contribution in [0.4, 0.5) is 0 Å². The van der Waals surface area contributed by atoms with Crippen LogP contribution in [0, 0.1) is 0 Å². The zero-order valence-corrected chi connectivity index (χ0v) is 49.7. The number of phosphoric acid groups is 1. The molecule has 2 heterocycles. The van der Waals surface area contributed by atoms with Gasteiger partial charge in [-0.2, -0.15) is 0 Å². The zero-order chi connectivity index (χ0) is 53.5. The standard InChI is InChI=1S/2C24H51N.C9H12BrN2O9P/c2*1-4-7-10-13-16-19-22-25(23-20-17-14-11-8-5-2)24-21-18-15-12-9-6-3;10-7(21-22(17,18)19)6-4(14)5(15)8(20-6)12-2-1-3(13)11-9(12)16/h2*4-24H2,1-3H3;1-2,4-8,14-15H,(H,11,13,16)(H2,17,18,19)/t;;4-,5+,6-,7?,8+/m..0/s1. The molecule has 1 aliphatic heterocycles. The number of quaternary nitrogens is 2. The van der Waals surface area contributed by atoms with E-state index in [2.05, 4.69) is 62.0 Å². The SMILES string of the molecule is CCCCCCCC[NH+](CCCCCCCC)CCCCCCCC.CCCCCCCC[NH+](CCCCCCCC)CCCCCCCC.O=c1ccn([C@@H]2O[C@H](C(Br)OP(=O)([O-])[O-])[C@@H](O)[C@H]2O)c(=O)[nH]1. The molecule has 0 bridgehead atoms. The minimum absolute atomic E-state index is 0.675. The van der Waals surface area contributed by atoms with E-state index in [1.807, 2.05) is 14.8 Å². The summed E-state index contributed by atoms with van der Waals surface area (Å²) in [5.41, 5.74) is -1.58. The third-order valence-corrected chi connectivity index (χ3v) is 15.7. The Balaban J connectivity index is 0.00000105. The van der Waals surface area contributed by atoms with Crippen molar-refractivity contribution in [3.05, 3.63) is 33.1 Å². The Kier molecular flexibility index (Phi) is 49.0. The van der Waals surface area contributed by atoms with Crippen LogP contribution in [-0.2, 0) is 13.8 Å². The molecule has 428 valence electrons. The molecule has 1 unspecified atom stereocenters. The van der Waals surface area contributed by atoms with Crippen LogP contribution in [0.5, 0.6) is 0 Å². The van der Waals surface area contributed by atoms with Crippen molar-refractivity contribution in [1.29, 1.82) is 0 Å². The minimum Gasteiger partial charge on any atom is -0.790 e. The lowest BCUT2D eigenvalue weighted by atomic mass is 10.1. The van der Waals surface area contributed by atoms with Crippen molar-refractivity contribution in [3.63, 3.8) is 0 Å². The lowest BCUT2D eigenvalue weighted by Gasteiger charge is -2.33. The molecular weight excluding hydrogens is 996 g/mol. The number of aliphatic hydroxyl groups is 2. The Bertz CT molecular complexity index is 1360. The molecule has 0 spiro atoms. The first-order chi connectivity index (χ1) is 34.8. The molecule has 72 heavy (non-hydrogen) atoms. The van der Waals surface area contributed by atoms with Gasteiger partial charge in [0.2, 0.25) is 0 Å². The van der Waals surface area contributed by atoms with Crippen molar-refractivity contribution in [2.45, 2.75) is 302 Å². The summed E-state index contributed by atoms with van der Waals surface area (Å²) in [6.45, 7) is 22.5. The quantitative estimate of drug-likeness (QED) is 0.0241. The van der Waals surface area contributed by atoms with Crippen LogP contribution in [0.3, 0.4) is 0 Å². The summed E-state index contributed by atoms with van der Waals surface area (Å²) in [6.07, 6.45) is 46.9. The summed E-state index contributed by atoms with van der Waals surface area (Å²) in [6, 6.07) is 0.989. The maximum absolute atomic E-state index is 11.6. The van der Waals surface area contributed by atoms with Crippen LogP contribution in [0.1, 0.15) is 279 Å². The fraction of sp³-hybridized carbons (Fsp3) is 0.930. The third-order valence-electron chi connectivity index (χ3n) is 14.2. The topological polar surface area (TPSA) is 186 Å². The maximum atomic E-state index is 11.6. The first-order valence-corrected chi connectivity index (χ1v) is 32.5. The molecule has 0 saturated carbocycles. The van der Waals surface area contributed by atoms with Gasteiger partial charge >= 0.3 is 5.69 Å². The predicted octanol–water partition coefficient (Wildman–Crippen LogP) is 10.6. The van der Waals surface area contributed by atoms with Crippen LogP contribution in [0.2, 0.25) is 0 Å². The Morgan fingerprint density at radius 1 is 0.542 bits per heavy atom. The number of nitrogens with one attached hydrogen (secondary N) is 3. The van der Waals surface area contributed by atoms with E-state index >= 15 is 0 Å². The number of aliphatic hydroxyl groups excluding tert-OH is 2. The summed E-state index contributed by atoms with van der Waals surface area (Å²) in [7, 11) is -5.36. The number of aromatic amines is 1. The lowest BCUT2D eigenvalue weighted by Crippen LogP contribution is -3.12. The Morgan fingerprint density at radius 3 is 1.08 bits per heavy atom. The van der Waals surface area contributed by atoms with Crippen molar-refractivity contribution in [2.75, 3.05) is 39.3 Å². The molecule has 1 saturated heterocycles. The van der Waals surface area contributed by atoms with Gasteiger partial charge in [0, 0.05) is 12.3 Å². The second kappa shape index (κ2) is 49.6. The predicted molar refractivity (Wildman–Crippen MR) is 300 cm³/mol. The first-order valence-electron chi connectivity index (χ1n) is 30.1. The number of alkyl halides is 1. The van der Waals surface area contributed by atoms with Crippen molar-refractivity contribution in [3.8, 4) is 0 Å². The van der Waals surface area contributed by atoms with Crippen molar-refractivity contribution >= 4 is 23.8 Å². The molecule has 5 atom stereocenters. The molecule has 1 aromatic heterocycles. The minimum atomic E-state index is -5.36. The number of hydrogen-bond donors (Lipinski definition) is 5. The van der Waals surface area contributed by atoms with E-state index in [1.54, 1.807) is 0 Å². The van der Waals surface area contributed by atoms with Gasteiger partial charge < -0.3 is 43.6 Å². The summed E-state index contributed by atoms with van der Waals surface area (Å²) in [5, 5.41) is 18.2. The van der Waals surface area contributed by atoms with E-state index in [0.717, 1.165) is 16.8 Å². The molecular formula is C57H114BrN4O9P. The molecule has 1 aromatic rings. The largest absolute Gasteiger partial charge is 0.790 e. The molecule has 1 fully saturated rings. The second-order valence-electron chi connectivity index (χ2n) is 21.0. The number of H-pyrrole nitrogens is 1. The van der Waals surface area contributed by atoms with Crippen molar-refractivity contribution in [2.24, 2.45) is 0 Å². The summed E-state index contributed by atoms with van der Waals surface area (Å²) in [5.74, 6) is 0. The van der Waals surface area contributed by atoms with Crippen LogP contribution >= 0.6 is 23.8 Å². The number of hydrogen-bond acceptors (Lipinski definition) is 9. The van der Waals surface area contributed by atoms with E-state index < -0.39 is 48.6 Å². The monoisotopic (exact) mass is 1110 g/mol. The van der Waals surface area contributed by atoms with E-state index in [0.29, 0.717) is 0 Å². The second-order valence-corrected chi connectivity index (χ2v) is 23.0. The number of aromatic nitrogens is 2. The van der Waals surface area contributed by atoms with Gasteiger partial charge in [0.15, 0.2) is 6.23 Å². The van der Waals surface area contributed by atoms with Crippen molar-refractivity contribution < 1.29 is 43.6 Å². The van der Waals surface area contributed by atoms with Gasteiger partial charge in [-0.3, -0.25) is 14.3 Å². The molecule has 5 N–H and O–H groups in total. The lowest BCUT2D eigenvalue weighted by molar-refractivity contribution is -0.901. The number of phosphoric ester groups is 1. The van der Waals surface area contributed by atoms with Crippen LogP contribution in [0.25, 0.3) is 0 Å². The summed E-state index contributed by atoms with van der Waals surface area (Å²) < 4.78 is 20.6. The van der Waals surface area contributed by atoms with Gasteiger partial charge in [0.1, 0.15) is 23.3 Å². The van der Waals surface area contributed by atoms with E-state index in [-0.39, 0.29) is 0 Å².